The number of amides is 2. The van der Waals surface area contributed by atoms with Crippen LogP contribution in [0.5, 0.6) is 0 Å². The number of carbonyl (C=O) groups excluding carboxylic acids is 2. The summed E-state index contributed by atoms with van der Waals surface area (Å²) < 4.78 is 0. The maximum absolute atomic E-state index is 12.9. The molecule has 2 fully saturated rings. The summed E-state index contributed by atoms with van der Waals surface area (Å²) in [7, 11) is 0. The molecule has 2 aliphatic heterocycles. The van der Waals surface area contributed by atoms with Gasteiger partial charge in [-0.05, 0) is 43.7 Å². The van der Waals surface area contributed by atoms with Gasteiger partial charge in [-0.15, -0.1) is 24.8 Å². The highest BCUT2D eigenvalue weighted by atomic mass is 35.5. The molecule has 1 aliphatic carbocycles. The number of hydrogen-bond donors (Lipinski definition) is 1. The average molecular weight is 443 g/mol. The second kappa shape index (κ2) is 10.6. The van der Waals surface area contributed by atoms with Crippen LogP contribution in [0.2, 0.25) is 0 Å². The van der Waals surface area contributed by atoms with Gasteiger partial charge in [0.1, 0.15) is 0 Å². The van der Waals surface area contributed by atoms with Gasteiger partial charge in [-0.2, -0.15) is 0 Å². The van der Waals surface area contributed by atoms with Gasteiger partial charge in [0.15, 0.2) is 0 Å². The standard InChI is InChI=1S/C21H30N4O2.2ClH/c22-18-8-7-17(14-18)21(27)24-12-10-23(11-13-24)15-20(26)25-9-3-5-16-4-1-2-6-19(16)25;;/h1-2,4,6,17-18H,3,5,7-15,22H2;2*1H. The minimum absolute atomic E-state index is 0. The Labute approximate surface area is 185 Å². The largest absolute Gasteiger partial charge is 0.340 e. The molecule has 1 aromatic carbocycles. The molecule has 0 radical (unpaired) electrons. The number of anilines is 1. The molecular weight excluding hydrogens is 411 g/mol. The van der Waals surface area contributed by atoms with Crippen molar-refractivity contribution in [1.82, 2.24) is 9.80 Å². The highest BCUT2D eigenvalue weighted by molar-refractivity contribution is 5.96. The summed E-state index contributed by atoms with van der Waals surface area (Å²) >= 11 is 0. The Bertz CT molecular complexity index is 710. The molecule has 1 saturated heterocycles. The van der Waals surface area contributed by atoms with Crippen molar-refractivity contribution in [1.29, 1.82) is 0 Å². The van der Waals surface area contributed by atoms with Gasteiger partial charge in [0.2, 0.25) is 11.8 Å². The quantitative estimate of drug-likeness (QED) is 0.777. The SMILES string of the molecule is Cl.Cl.NC1CCC(C(=O)N2CCN(CC(=O)N3CCCc4ccccc43)CC2)C1. The van der Waals surface area contributed by atoms with E-state index in [1.54, 1.807) is 0 Å². The smallest absolute Gasteiger partial charge is 0.241 e. The first-order valence-electron chi connectivity index (χ1n) is 10.3. The van der Waals surface area contributed by atoms with Crippen molar-refractivity contribution in [3.05, 3.63) is 29.8 Å². The van der Waals surface area contributed by atoms with Crippen LogP contribution in [0.4, 0.5) is 5.69 Å². The van der Waals surface area contributed by atoms with E-state index in [-0.39, 0.29) is 48.6 Å². The Hall–Kier alpha value is -1.34. The predicted octanol–water partition coefficient (Wildman–Crippen LogP) is 2.08. The van der Waals surface area contributed by atoms with Crippen LogP contribution in [-0.2, 0) is 16.0 Å². The molecule has 0 spiro atoms. The molecule has 2 N–H and O–H groups in total. The number of benzene rings is 1. The molecule has 2 amide bonds. The summed E-state index contributed by atoms with van der Waals surface area (Å²) in [5.41, 5.74) is 8.29. The Morgan fingerprint density at radius 2 is 1.72 bits per heavy atom. The predicted molar refractivity (Wildman–Crippen MR) is 120 cm³/mol. The molecule has 8 heteroatoms. The first-order valence-corrected chi connectivity index (χ1v) is 10.3. The van der Waals surface area contributed by atoms with Crippen LogP contribution in [0.25, 0.3) is 0 Å². The van der Waals surface area contributed by atoms with Gasteiger partial charge < -0.3 is 15.5 Å². The fraction of sp³-hybridized carbons (Fsp3) is 0.619. The van der Waals surface area contributed by atoms with Crippen LogP contribution < -0.4 is 10.6 Å². The lowest BCUT2D eigenvalue weighted by molar-refractivity contribution is -0.137. The monoisotopic (exact) mass is 442 g/mol. The van der Waals surface area contributed by atoms with Crippen LogP contribution >= 0.6 is 24.8 Å². The van der Waals surface area contributed by atoms with E-state index in [1.165, 1.54) is 5.56 Å². The molecule has 2 unspecified atom stereocenters. The van der Waals surface area contributed by atoms with Gasteiger partial charge in [-0.25, -0.2) is 0 Å². The van der Waals surface area contributed by atoms with Gasteiger partial charge in [0, 0.05) is 50.4 Å². The van der Waals surface area contributed by atoms with Gasteiger partial charge in [-0.1, -0.05) is 18.2 Å². The molecule has 6 nitrogen and oxygen atoms in total. The van der Waals surface area contributed by atoms with E-state index in [9.17, 15) is 9.59 Å². The van der Waals surface area contributed by atoms with Gasteiger partial charge >= 0.3 is 0 Å². The molecule has 2 heterocycles. The van der Waals surface area contributed by atoms with Crippen LogP contribution in [0.1, 0.15) is 31.2 Å². The summed E-state index contributed by atoms with van der Waals surface area (Å²) in [6.07, 6.45) is 4.78. The van der Waals surface area contributed by atoms with E-state index in [2.05, 4.69) is 17.0 Å². The number of nitrogens with two attached hydrogens (primary N) is 1. The Kier molecular flexibility index (Phi) is 8.76. The topological polar surface area (TPSA) is 69.9 Å². The number of aryl methyl sites for hydroxylation is 1. The van der Waals surface area contributed by atoms with Crippen molar-refractivity contribution in [2.24, 2.45) is 11.7 Å². The Morgan fingerprint density at radius 3 is 2.41 bits per heavy atom. The van der Waals surface area contributed by atoms with Crippen molar-refractivity contribution >= 4 is 42.3 Å². The van der Waals surface area contributed by atoms with Crippen molar-refractivity contribution in [2.45, 2.75) is 38.1 Å². The lowest BCUT2D eigenvalue weighted by atomic mass is 10.0. The summed E-state index contributed by atoms with van der Waals surface area (Å²) in [6.45, 7) is 4.21. The molecular formula is C21H32Cl2N4O2. The highest BCUT2D eigenvalue weighted by Crippen LogP contribution is 2.28. The second-order valence-electron chi connectivity index (χ2n) is 8.15. The zero-order valence-corrected chi connectivity index (χ0v) is 18.4. The van der Waals surface area contributed by atoms with Gasteiger partial charge in [0.25, 0.3) is 0 Å². The number of piperazine rings is 1. The van der Waals surface area contributed by atoms with E-state index in [4.69, 9.17) is 5.73 Å². The third-order valence-corrected chi connectivity index (χ3v) is 6.28. The minimum atomic E-state index is 0. The van der Waals surface area contributed by atoms with Crippen molar-refractivity contribution in [2.75, 3.05) is 44.2 Å². The molecule has 4 rings (SSSR count). The summed E-state index contributed by atoms with van der Waals surface area (Å²) in [6, 6.07) is 8.40. The molecule has 2 atom stereocenters. The Morgan fingerprint density at radius 1 is 1.00 bits per heavy atom. The van der Waals surface area contributed by atoms with Crippen molar-refractivity contribution in [3.8, 4) is 0 Å². The third kappa shape index (κ3) is 5.43. The first-order chi connectivity index (χ1) is 13.1. The third-order valence-electron chi connectivity index (χ3n) is 6.28. The van der Waals surface area contributed by atoms with Crippen LogP contribution in [0.3, 0.4) is 0 Å². The summed E-state index contributed by atoms with van der Waals surface area (Å²) in [5, 5.41) is 0. The number of carbonyl (C=O) groups is 2. The number of fused-ring (bicyclic) bond motifs is 1. The molecule has 1 aromatic rings. The fourth-order valence-corrected chi connectivity index (χ4v) is 4.69. The number of hydrogen-bond acceptors (Lipinski definition) is 4. The number of rotatable bonds is 3. The minimum Gasteiger partial charge on any atom is -0.340 e. The van der Waals surface area contributed by atoms with E-state index < -0.39 is 0 Å². The van der Waals surface area contributed by atoms with E-state index in [0.29, 0.717) is 19.6 Å². The normalized spacial score (nSPS) is 24.3. The molecule has 1 saturated carbocycles. The molecule has 162 valence electrons. The van der Waals surface area contributed by atoms with Crippen molar-refractivity contribution < 1.29 is 9.59 Å². The first kappa shape index (κ1) is 23.9. The lowest BCUT2D eigenvalue weighted by Gasteiger charge is -2.37. The maximum Gasteiger partial charge on any atom is 0.241 e. The molecule has 0 bridgehead atoms. The maximum atomic E-state index is 12.9. The summed E-state index contributed by atoms with van der Waals surface area (Å²) in [4.78, 5) is 31.6. The highest BCUT2D eigenvalue weighted by Gasteiger charge is 2.33. The van der Waals surface area contributed by atoms with Gasteiger partial charge in [0.05, 0.1) is 6.54 Å². The lowest BCUT2D eigenvalue weighted by Crippen LogP contribution is -2.53. The van der Waals surface area contributed by atoms with E-state index >= 15 is 0 Å². The van der Waals surface area contributed by atoms with Crippen LogP contribution in [0.15, 0.2) is 24.3 Å². The van der Waals surface area contributed by atoms with Gasteiger partial charge in [-0.3, -0.25) is 14.5 Å². The molecule has 3 aliphatic rings. The Balaban J connectivity index is 0.00000150. The number of halogens is 2. The fourth-order valence-electron chi connectivity index (χ4n) is 4.69. The van der Waals surface area contributed by atoms with Crippen LogP contribution in [0, 0.1) is 5.92 Å². The molecule has 0 aromatic heterocycles. The number of nitrogens with zero attached hydrogens (tertiary/aromatic N) is 3. The van der Waals surface area contributed by atoms with Crippen molar-refractivity contribution in [3.63, 3.8) is 0 Å². The summed E-state index contributed by atoms with van der Waals surface area (Å²) in [5.74, 6) is 0.542. The van der Waals surface area contributed by atoms with Crippen LogP contribution in [-0.4, -0.2) is 66.9 Å². The second-order valence-corrected chi connectivity index (χ2v) is 8.15. The zero-order valence-electron chi connectivity index (χ0n) is 16.8. The van der Waals surface area contributed by atoms with E-state index in [0.717, 1.165) is 57.4 Å². The van der Waals surface area contributed by atoms with E-state index in [1.807, 2.05) is 21.9 Å². The average Bonchev–Trinajstić information content (AvgIpc) is 3.14. The zero-order chi connectivity index (χ0) is 18.8. The molecule has 29 heavy (non-hydrogen) atoms. The number of para-hydroxylation sites is 1.